The standard InChI is InChI=1S/C31H46O3/c1-19-11-16-31(26(33)34-8)18-17-29(6)21(25(31)20(19)2)9-10-23-28(5)14-13-24(32)27(3,4)22(28)12-15-30(23,29)7/h9,13-14,19-20,22-23,25H,10-12,15-18H2,1-8H3/t19-,20+,22?,23-,25+,28+,29-,30-,31+/m1/s1. The van der Waals surface area contributed by atoms with E-state index in [-0.39, 0.29) is 39.0 Å². The maximum atomic E-state index is 13.4. The number of hydrogen-bond acceptors (Lipinski definition) is 3. The van der Waals surface area contributed by atoms with Crippen molar-refractivity contribution in [3.8, 4) is 0 Å². The molecule has 0 saturated heterocycles. The van der Waals surface area contributed by atoms with Crippen LogP contribution in [0, 0.1) is 56.7 Å². The second-order valence-corrected chi connectivity index (χ2v) is 14.1. The minimum absolute atomic E-state index is 0.0256. The molecule has 0 N–H and O–H groups in total. The molecule has 0 aromatic carbocycles. The third-order valence-electron chi connectivity index (χ3n) is 12.9. The Morgan fingerprint density at radius 1 is 0.971 bits per heavy atom. The number of hydrogen-bond donors (Lipinski definition) is 0. The molecule has 9 atom stereocenters. The molecule has 0 spiro atoms. The molecule has 3 saturated carbocycles. The monoisotopic (exact) mass is 466 g/mol. The summed E-state index contributed by atoms with van der Waals surface area (Å²) in [6.07, 6.45) is 14.2. The van der Waals surface area contributed by atoms with Gasteiger partial charge in [-0.05, 0) is 96.9 Å². The average Bonchev–Trinajstić information content (AvgIpc) is 2.79. The fourth-order valence-corrected chi connectivity index (χ4v) is 10.3. The summed E-state index contributed by atoms with van der Waals surface area (Å²) < 4.78 is 5.49. The minimum Gasteiger partial charge on any atom is -0.469 e. The molecule has 0 aromatic heterocycles. The number of allylic oxidation sites excluding steroid dienone is 4. The molecule has 1 unspecified atom stereocenters. The Morgan fingerprint density at radius 3 is 2.35 bits per heavy atom. The molecule has 0 radical (unpaired) electrons. The van der Waals surface area contributed by atoms with E-state index in [1.165, 1.54) is 0 Å². The highest BCUT2D eigenvalue weighted by Crippen LogP contribution is 2.75. The van der Waals surface area contributed by atoms with Crippen LogP contribution in [0.5, 0.6) is 0 Å². The first kappa shape index (κ1) is 24.3. The van der Waals surface area contributed by atoms with Crippen molar-refractivity contribution in [2.24, 2.45) is 56.7 Å². The van der Waals surface area contributed by atoms with E-state index < -0.39 is 0 Å². The maximum Gasteiger partial charge on any atom is 0.312 e. The lowest BCUT2D eigenvalue weighted by molar-refractivity contribution is -0.179. The van der Waals surface area contributed by atoms with Crippen molar-refractivity contribution in [3.05, 3.63) is 23.8 Å². The number of rotatable bonds is 1. The Labute approximate surface area is 207 Å². The van der Waals surface area contributed by atoms with Crippen LogP contribution in [0.2, 0.25) is 0 Å². The van der Waals surface area contributed by atoms with Gasteiger partial charge in [0.15, 0.2) is 5.78 Å². The van der Waals surface area contributed by atoms with E-state index in [9.17, 15) is 9.59 Å². The first-order valence-electron chi connectivity index (χ1n) is 13.8. The van der Waals surface area contributed by atoms with Crippen LogP contribution in [-0.4, -0.2) is 18.9 Å². The molecule has 0 aromatic rings. The number of esters is 1. The van der Waals surface area contributed by atoms with Crippen molar-refractivity contribution in [3.63, 3.8) is 0 Å². The smallest absolute Gasteiger partial charge is 0.312 e. The van der Waals surface area contributed by atoms with Crippen molar-refractivity contribution < 1.29 is 14.3 Å². The fourth-order valence-electron chi connectivity index (χ4n) is 10.3. The molecular formula is C31H46O3. The zero-order valence-corrected chi connectivity index (χ0v) is 22.8. The summed E-state index contributed by atoms with van der Waals surface area (Å²) in [7, 11) is 1.58. The maximum absolute atomic E-state index is 13.4. The lowest BCUT2D eigenvalue weighted by atomic mass is 9.34. The summed E-state index contributed by atoms with van der Waals surface area (Å²) in [4.78, 5) is 26.2. The van der Waals surface area contributed by atoms with Gasteiger partial charge < -0.3 is 4.74 Å². The van der Waals surface area contributed by atoms with E-state index in [2.05, 4.69) is 60.6 Å². The van der Waals surface area contributed by atoms with E-state index in [0.29, 0.717) is 29.5 Å². The fraction of sp³-hybridized carbons (Fsp3) is 0.806. The third-order valence-corrected chi connectivity index (χ3v) is 12.9. The molecule has 5 aliphatic rings. The second kappa shape index (κ2) is 7.32. The molecule has 0 heterocycles. The highest BCUT2D eigenvalue weighted by molar-refractivity contribution is 5.95. The van der Waals surface area contributed by atoms with Crippen LogP contribution < -0.4 is 0 Å². The molecule has 5 aliphatic carbocycles. The molecular weight excluding hydrogens is 420 g/mol. The van der Waals surface area contributed by atoms with Gasteiger partial charge in [0.2, 0.25) is 0 Å². The Kier molecular flexibility index (Phi) is 5.24. The Hall–Kier alpha value is -1.38. The van der Waals surface area contributed by atoms with Crippen molar-refractivity contribution in [1.82, 2.24) is 0 Å². The SMILES string of the molecule is COC(=O)[C@]12CC[C@@H](C)[C@H](C)[C@H]1C1=CC[C@@H]3[C@@]4(C)C=CC(=O)C(C)(C)C4CC[C@@]3(C)[C@]1(C)CC2. The summed E-state index contributed by atoms with van der Waals surface area (Å²) in [6, 6.07) is 0. The van der Waals surface area contributed by atoms with Crippen molar-refractivity contribution >= 4 is 11.8 Å². The summed E-state index contributed by atoms with van der Waals surface area (Å²) in [5, 5.41) is 0. The number of methoxy groups -OCH3 is 1. The Bertz CT molecular complexity index is 973. The normalized spacial score (nSPS) is 51.4. The number of carbonyl (C=O) groups excluding carboxylic acids is 2. The van der Waals surface area contributed by atoms with Crippen LogP contribution in [0.3, 0.4) is 0 Å². The molecule has 188 valence electrons. The predicted octanol–water partition coefficient (Wildman–Crippen LogP) is 7.16. The molecule has 0 bridgehead atoms. The van der Waals surface area contributed by atoms with Crippen LogP contribution in [-0.2, 0) is 14.3 Å². The van der Waals surface area contributed by atoms with Gasteiger partial charge in [0.05, 0.1) is 12.5 Å². The van der Waals surface area contributed by atoms with Gasteiger partial charge in [0.25, 0.3) is 0 Å². The molecule has 3 nitrogen and oxygen atoms in total. The highest BCUT2D eigenvalue weighted by Gasteiger charge is 2.69. The molecule has 5 rings (SSSR count). The summed E-state index contributed by atoms with van der Waals surface area (Å²) in [6.45, 7) is 16.7. The highest BCUT2D eigenvalue weighted by atomic mass is 16.5. The van der Waals surface area contributed by atoms with Crippen LogP contribution in [0.25, 0.3) is 0 Å². The zero-order valence-electron chi connectivity index (χ0n) is 22.8. The van der Waals surface area contributed by atoms with E-state index >= 15 is 0 Å². The van der Waals surface area contributed by atoms with Gasteiger partial charge >= 0.3 is 5.97 Å². The molecule has 0 amide bonds. The first-order valence-corrected chi connectivity index (χ1v) is 13.8. The van der Waals surface area contributed by atoms with E-state index in [0.717, 1.165) is 44.9 Å². The lowest BCUT2D eigenvalue weighted by Gasteiger charge is -2.70. The van der Waals surface area contributed by atoms with Gasteiger partial charge in [-0.25, -0.2) is 0 Å². The Morgan fingerprint density at radius 2 is 1.68 bits per heavy atom. The van der Waals surface area contributed by atoms with Crippen molar-refractivity contribution in [2.45, 2.75) is 93.4 Å². The van der Waals surface area contributed by atoms with E-state index in [4.69, 9.17) is 4.74 Å². The van der Waals surface area contributed by atoms with Gasteiger partial charge in [-0.3, -0.25) is 9.59 Å². The average molecular weight is 467 g/mol. The second-order valence-electron chi connectivity index (χ2n) is 14.1. The van der Waals surface area contributed by atoms with Crippen LogP contribution in [0.15, 0.2) is 23.8 Å². The molecule has 3 heteroatoms. The van der Waals surface area contributed by atoms with E-state index in [1.807, 2.05) is 6.08 Å². The number of fused-ring (bicyclic) bond motifs is 7. The minimum atomic E-state index is -0.352. The Balaban J connectivity index is 1.64. The number of ether oxygens (including phenoxy) is 1. The number of carbonyl (C=O) groups is 2. The quantitative estimate of drug-likeness (QED) is 0.304. The summed E-state index contributed by atoms with van der Waals surface area (Å²) in [5.74, 6) is 2.61. The van der Waals surface area contributed by atoms with Crippen LogP contribution in [0.4, 0.5) is 0 Å². The van der Waals surface area contributed by atoms with Crippen LogP contribution >= 0.6 is 0 Å². The zero-order chi connectivity index (χ0) is 24.9. The van der Waals surface area contributed by atoms with Crippen LogP contribution in [0.1, 0.15) is 93.4 Å². The predicted molar refractivity (Wildman–Crippen MR) is 136 cm³/mol. The summed E-state index contributed by atoms with van der Waals surface area (Å²) in [5.41, 5.74) is 1.19. The van der Waals surface area contributed by atoms with Gasteiger partial charge in [-0.2, -0.15) is 0 Å². The first-order chi connectivity index (χ1) is 15.8. The molecule has 0 aliphatic heterocycles. The molecule has 34 heavy (non-hydrogen) atoms. The van der Waals surface area contributed by atoms with Gasteiger partial charge in [-0.1, -0.05) is 66.2 Å². The summed E-state index contributed by atoms with van der Waals surface area (Å²) >= 11 is 0. The topological polar surface area (TPSA) is 43.4 Å². The van der Waals surface area contributed by atoms with E-state index in [1.54, 1.807) is 12.7 Å². The van der Waals surface area contributed by atoms with Gasteiger partial charge in [-0.15, -0.1) is 0 Å². The molecule has 3 fully saturated rings. The largest absolute Gasteiger partial charge is 0.469 e. The van der Waals surface area contributed by atoms with Gasteiger partial charge in [0.1, 0.15) is 0 Å². The van der Waals surface area contributed by atoms with Gasteiger partial charge in [0, 0.05) is 5.41 Å². The third kappa shape index (κ3) is 2.71. The van der Waals surface area contributed by atoms with Crippen molar-refractivity contribution in [1.29, 1.82) is 0 Å². The number of ketones is 1. The lowest BCUT2D eigenvalue weighted by Crippen LogP contribution is -2.64. The van der Waals surface area contributed by atoms with Crippen molar-refractivity contribution in [2.75, 3.05) is 7.11 Å².